The molecule has 1 aliphatic heterocycles. The number of halogens is 2. The zero-order valence-corrected chi connectivity index (χ0v) is 18.1. The molecule has 8 heteroatoms. The average Bonchev–Trinajstić information content (AvgIpc) is 2.82. The van der Waals surface area contributed by atoms with Gasteiger partial charge in [0.05, 0.1) is 12.0 Å². The standard InChI is InChI=1S/C26H23F2NO5/c27-19-7-1-16(2-8-19)23(30)14-13-22-25(33)29-26(22,17-3-9-20(28)10-4-17)18-5-11-21(12-6-18)34-15-24(31)32/h1-12,22-23,30H,13-15H2,(H,29,33)(H,31,32)/t22-,23-,26+/m0/s1. The van der Waals surface area contributed by atoms with Gasteiger partial charge in [-0.3, -0.25) is 4.79 Å². The molecule has 1 amide bonds. The Morgan fingerprint density at radius 2 is 1.47 bits per heavy atom. The first-order valence-electron chi connectivity index (χ1n) is 10.8. The highest BCUT2D eigenvalue weighted by molar-refractivity contribution is 5.90. The number of aliphatic carboxylic acids is 1. The van der Waals surface area contributed by atoms with Crippen molar-refractivity contribution in [3.8, 4) is 5.75 Å². The smallest absolute Gasteiger partial charge is 0.341 e. The van der Waals surface area contributed by atoms with E-state index in [9.17, 15) is 23.5 Å². The van der Waals surface area contributed by atoms with Gasteiger partial charge in [-0.05, 0) is 65.9 Å². The molecule has 0 aliphatic carbocycles. The summed E-state index contributed by atoms with van der Waals surface area (Å²) in [5, 5.41) is 22.4. The first-order chi connectivity index (χ1) is 16.3. The lowest BCUT2D eigenvalue weighted by Crippen LogP contribution is -2.67. The van der Waals surface area contributed by atoms with Gasteiger partial charge < -0.3 is 20.3 Å². The summed E-state index contributed by atoms with van der Waals surface area (Å²) in [5.41, 5.74) is 0.976. The van der Waals surface area contributed by atoms with E-state index >= 15 is 0 Å². The van der Waals surface area contributed by atoms with E-state index in [0.29, 0.717) is 28.9 Å². The van der Waals surface area contributed by atoms with Crippen molar-refractivity contribution in [3.05, 3.63) is 101 Å². The number of carbonyl (C=O) groups is 2. The first kappa shape index (κ1) is 23.4. The number of rotatable bonds is 9. The molecule has 3 N–H and O–H groups in total. The number of benzene rings is 3. The summed E-state index contributed by atoms with van der Waals surface area (Å²) < 4.78 is 32.0. The lowest BCUT2D eigenvalue weighted by atomic mass is 9.65. The van der Waals surface area contributed by atoms with Crippen molar-refractivity contribution in [1.82, 2.24) is 5.32 Å². The molecule has 0 aromatic heterocycles. The van der Waals surface area contributed by atoms with Gasteiger partial charge in [0.25, 0.3) is 0 Å². The highest BCUT2D eigenvalue weighted by atomic mass is 19.1. The van der Waals surface area contributed by atoms with Crippen molar-refractivity contribution in [2.75, 3.05) is 6.61 Å². The molecule has 1 fully saturated rings. The third-order valence-corrected chi connectivity index (χ3v) is 6.11. The molecule has 0 spiro atoms. The molecule has 176 valence electrons. The molecule has 34 heavy (non-hydrogen) atoms. The molecule has 1 aliphatic rings. The molecule has 0 bridgehead atoms. The lowest BCUT2D eigenvalue weighted by molar-refractivity contribution is -0.141. The maximum Gasteiger partial charge on any atom is 0.341 e. The second-order valence-corrected chi connectivity index (χ2v) is 8.21. The van der Waals surface area contributed by atoms with Crippen LogP contribution in [0, 0.1) is 17.6 Å². The predicted octanol–water partition coefficient (Wildman–Crippen LogP) is 3.93. The number of β-lactam (4-membered cyclic amide) rings is 1. The molecule has 3 aromatic rings. The minimum Gasteiger partial charge on any atom is -0.482 e. The number of hydrogen-bond acceptors (Lipinski definition) is 4. The molecule has 3 aromatic carbocycles. The number of nitrogens with one attached hydrogen (secondary N) is 1. The van der Waals surface area contributed by atoms with Gasteiger partial charge in [-0.2, -0.15) is 0 Å². The van der Waals surface area contributed by atoms with Crippen LogP contribution in [0.15, 0.2) is 72.8 Å². The number of carbonyl (C=O) groups excluding carboxylic acids is 1. The summed E-state index contributed by atoms with van der Waals surface area (Å²) in [5.74, 6) is -2.32. The van der Waals surface area contributed by atoms with E-state index in [1.54, 1.807) is 36.4 Å². The Bertz CT molecular complexity index is 1170. The fourth-order valence-electron chi connectivity index (χ4n) is 4.40. The van der Waals surface area contributed by atoms with Crippen LogP contribution in [0.4, 0.5) is 8.78 Å². The van der Waals surface area contributed by atoms with Gasteiger partial charge in [0.2, 0.25) is 5.91 Å². The van der Waals surface area contributed by atoms with Crippen LogP contribution in [-0.2, 0) is 15.1 Å². The predicted molar refractivity (Wildman–Crippen MR) is 119 cm³/mol. The van der Waals surface area contributed by atoms with Crippen molar-refractivity contribution in [2.24, 2.45) is 5.92 Å². The van der Waals surface area contributed by atoms with Crippen LogP contribution in [-0.4, -0.2) is 28.7 Å². The normalized spacial score (nSPS) is 20.2. The van der Waals surface area contributed by atoms with Crippen LogP contribution in [0.25, 0.3) is 0 Å². The first-order valence-corrected chi connectivity index (χ1v) is 10.8. The van der Waals surface area contributed by atoms with E-state index in [4.69, 9.17) is 9.84 Å². The fourth-order valence-corrected chi connectivity index (χ4v) is 4.40. The number of aliphatic hydroxyl groups excluding tert-OH is 1. The summed E-state index contributed by atoms with van der Waals surface area (Å²) in [6, 6.07) is 18.1. The molecule has 0 unspecified atom stereocenters. The fraction of sp³-hybridized carbons (Fsp3) is 0.231. The Morgan fingerprint density at radius 1 is 0.941 bits per heavy atom. The van der Waals surface area contributed by atoms with E-state index in [2.05, 4.69) is 5.32 Å². The second kappa shape index (κ2) is 9.61. The van der Waals surface area contributed by atoms with Gasteiger partial charge in [0.1, 0.15) is 22.9 Å². The number of carboxylic acids is 1. The van der Waals surface area contributed by atoms with Crippen LogP contribution >= 0.6 is 0 Å². The Kier molecular flexibility index (Phi) is 6.61. The maximum absolute atomic E-state index is 13.6. The summed E-state index contributed by atoms with van der Waals surface area (Å²) in [6.45, 7) is -0.483. The number of amides is 1. The second-order valence-electron chi connectivity index (χ2n) is 8.21. The van der Waals surface area contributed by atoms with E-state index in [0.717, 1.165) is 0 Å². The third kappa shape index (κ3) is 4.63. The number of ether oxygens (including phenoxy) is 1. The largest absolute Gasteiger partial charge is 0.482 e. The Balaban J connectivity index is 1.61. The number of aliphatic hydroxyl groups is 1. The van der Waals surface area contributed by atoms with Crippen LogP contribution in [0.2, 0.25) is 0 Å². The molecular weight excluding hydrogens is 444 g/mol. The van der Waals surface area contributed by atoms with E-state index in [1.165, 1.54) is 36.4 Å². The summed E-state index contributed by atoms with van der Waals surface area (Å²) >= 11 is 0. The highest BCUT2D eigenvalue weighted by Gasteiger charge is 2.55. The van der Waals surface area contributed by atoms with Crippen molar-refractivity contribution >= 4 is 11.9 Å². The monoisotopic (exact) mass is 467 g/mol. The molecule has 1 heterocycles. The number of carboxylic acid groups (broad SMARTS) is 1. The third-order valence-electron chi connectivity index (χ3n) is 6.11. The maximum atomic E-state index is 13.6. The van der Waals surface area contributed by atoms with Crippen LogP contribution < -0.4 is 10.1 Å². The van der Waals surface area contributed by atoms with Gasteiger partial charge in [-0.15, -0.1) is 0 Å². The highest BCUT2D eigenvalue weighted by Crippen LogP contribution is 2.46. The summed E-state index contributed by atoms with van der Waals surface area (Å²) in [7, 11) is 0. The van der Waals surface area contributed by atoms with E-state index in [1.807, 2.05) is 0 Å². The van der Waals surface area contributed by atoms with Crippen molar-refractivity contribution in [3.63, 3.8) is 0 Å². The van der Waals surface area contributed by atoms with Crippen molar-refractivity contribution in [1.29, 1.82) is 0 Å². The van der Waals surface area contributed by atoms with Gasteiger partial charge in [0, 0.05) is 0 Å². The Labute approximate surface area is 194 Å². The molecule has 0 radical (unpaired) electrons. The van der Waals surface area contributed by atoms with Crippen LogP contribution in [0.1, 0.15) is 35.6 Å². The van der Waals surface area contributed by atoms with E-state index in [-0.39, 0.29) is 12.3 Å². The lowest BCUT2D eigenvalue weighted by Gasteiger charge is -2.50. The molecule has 3 atom stereocenters. The van der Waals surface area contributed by atoms with Gasteiger partial charge in [-0.25, -0.2) is 13.6 Å². The topological polar surface area (TPSA) is 95.9 Å². The minimum absolute atomic E-state index is 0.207. The van der Waals surface area contributed by atoms with Gasteiger partial charge in [-0.1, -0.05) is 36.4 Å². The van der Waals surface area contributed by atoms with Gasteiger partial charge >= 0.3 is 5.97 Å². The average molecular weight is 467 g/mol. The summed E-state index contributed by atoms with van der Waals surface area (Å²) in [6.07, 6.45) is -0.308. The molecule has 4 rings (SSSR count). The molecule has 6 nitrogen and oxygen atoms in total. The molecular formula is C26H23F2NO5. The zero-order chi connectivity index (χ0) is 24.3. The SMILES string of the molecule is O=C(O)COc1ccc([C@@]2(c3ccc(F)cc3)NC(=O)[C@@H]2CC[C@H](O)c2ccc(F)cc2)cc1. The van der Waals surface area contributed by atoms with Crippen LogP contribution in [0.5, 0.6) is 5.75 Å². The van der Waals surface area contributed by atoms with Crippen molar-refractivity contribution < 1.29 is 33.3 Å². The molecule has 0 saturated carbocycles. The minimum atomic E-state index is -1.10. The Hall–Kier alpha value is -3.78. The van der Waals surface area contributed by atoms with Crippen LogP contribution in [0.3, 0.4) is 0 Å². The number of hydrogen-bond donors (Lipinski definition) is 3. The van der Waals surface area contributed by atoms with E-state index < -0.39 is 41.8 Å². The summed E-state index contributed by atoms with van der Waals surface area (Å²) in [4.78, 5) is 23.4. The van der Waals surface area contributed by atoms with Crippen molar-refractivity contribution in [2.45, 2.75) is 24.5 Å². The molecule has 1 saturated heterocycles. The quantitative estimate of drug-likeness (QED) is 0.415. The Morgan fingerprint density at radius 3 is 2.00 bits per heavy atom. The van der Waals surface area contributed by atoms with Gasteiger partial charge in [0.15, 0.2) is 6.61 Å². The zero-order valence-electron chi connectivity index (χ0n) is 18.1.